The maximum atomic E-state index is 11.4. The predicted molar refractivity (Wildman–Crippen MR) is 82.0 cm³/mol. The van der Waals surface area contributed by atoms with E-state index in [-0.39, 0.29) is 10.6 Å². The third-order valence-corrected chi connectivity index (χ3v) is 3.91. The number of halogens is 2. The topological polar surface area (TPSA) is 98.2 Å². The average Bonchev–Trinajstić information content (AvgIpc) is 2.31. The van der Waals surface area contributed by atoms with E-state index in [1.54, 1.807) is 24.3 Å². The highest BCUT2D eigenvalue weighted by atomic mass is 35.5. The predicted octanol–water partition coefficient (Wildman–Crippen LogP) is 2.97. The van der Waals surface area contributed by atoms with Crippen molar-refractivity contribution in [3.05, 3.63) is 46.4 Å². The number of primary sulfonamides is 1. The van der Waals surface area contributed by atoms with Crippen LogP contribution in [-0.4, -0.2) is 8.42 Å². The summed E-state index contributed by atoms with van der Waals surface area (Å²) in [4.78, 5) is -0.0786. The molecule has 0 amide bonds. The molecular formula is C12H11Cl2N3O2S. The van der Waals surface area contributed by atoms with Crippen molar-refractivity contribution in [2.75, 3.05) is 11.1 Å². The average molecular weight is 332 g/mol. The van der Waals surface area contributed by atoms with E-state index < -0.39 is 10.0 Å². The van der Waals surface area contributed by atoms with Crippen molar-refractivity contribution in [1.82, 2.24) is 0 Å². The zero-order valence-electron chi connectivity index (χ0n) is 10.1. The van der Waals surface area contributed by atoms with Gasteiger partial charge in [-0.3, -0.25) is 0 Å². The van der Waals surface area contributed by atoms with Crippen LogP contribution < -0.4 is 16.2 Å². The van der Waals surface area contributed by atoms with Crippen molar-refractivity contribution in [3.63, 3.8) is 0 Å². The van der Waals surface area contributed by atoms with E-state index in [2.05, 4.69) is 5.32 Å². The molecule has 0 atom stereocenters. The second-order valence-electron chi connectivity index (χ2n) is 4.08. The molecule has 0 aromatic heterocycles. The van der Waals surface area contributed by atoms with Gasteiger partial charge in [0.25, 0.3) is 0 Å². The lowest BCUT2D eigenvalue weighted by Gasteiger charge is -2.11. The van der Waals surface area contributed by atoms with Gasteiger partial charge in [-0.1, -0.05) is 23.2 Å². The number of sulfonamides is 1. The second-order valence-corrected chi connectivity index (χ2v) is 6.49. The molecule has 0 aliphatic heterocycles. The summed E-state index contributed by atoms with van der Waals surface area (Å²) in [5, 5.41) is 8.94. The molecule has 0 radical (unpaired) electrons. The minimum Gasteiger partial charge on any atom is -0.399 e. The first-order valence-corrected chi connectivity index (χ1v) is 7.71. The van der Waals surface area contributed by atoms with Gasteiger partial charge in [0.2, 0.25) is 10.0 Å². The Labute approximate surface area is 126 Å². The summed E-state index contributed by atoms with van der Waals surface area (Å²) in [5.74, 6) is 0. The lowest BCUT2D eigenvalue weighted by Crippen LogP contribution is -2.12. The van der Waals surface area contributed by atoms with Crippen molar-refractivity contribution < 1.29 is 8.42 Å². The van der Waals surface area contributed by atoms with Crippen molar-refractivity contribution in [2.45, 2.75) is 4.90 Å². The summed E-state index contributed by atoms with van der Waals surface area (Å²) in [6, 6.07) is 9.12. The molecule has 0 spiro atoms. The smallest absolute Gasteiger partial charge is 0.238 e. The van der Waals surface area contributed by atoms with Crippen molar-refractivity contribution in [1.29, 1.82) is 0 Å². The molecule has 20 heavy (non-hydrogen) atoms. The Morgan fingerprint density at radius 1 is 1.05 bits per heavy atom. The fraction of sp³-hybridized carbons (Fsp3) is 0. The number of anilines is 3. The van der Waals surface area contributed by atoms with Gasteiger partial charge in [0.05, 0.1) is 15.6 Å². The fourth-order valence-corrected chi connectivity index (χ4v) is 2.65. The number of hydrogen-bond acceptors (Lipinski definition) is 4. The lowest BCUT2D eigenvalue weighted by atomic mass is 10.2. The van der Waals surface area contributed by atoms with Gasteiger partial charge in [0.15, 0.2) is 0 Å². The van der Waals surface area contributed by atoms with E-state index in [1.807, 2.05) is 0 Å². The first kappa shape index (κ1) is 14.9. The molecule has 2 aromatic carbocycles. The number of benzene rings is 2. The molecular weight excluding hydrogens is 321 g/mol. The number of nitrogens with one attached hydrogen (secondary N) is 1. The van der Waals surface area contributed by atoms with Gasteiger partial charge in [-0.2, -0.15) is 0 Å². The molecule has 0 saturated heterocycles. The highest BCUT2D eigenvalue weighted by molar-refractivity contribution is 7.89. The first-order chi connectivity index (χ1) is 9.25. The van der Waals surface area contributed by atoms with Crippen LogP contribution >= 0.6 is 23.2 Å². The molecule has 0 saturated carbocycles. The second kappa shape index (κ2) is 5.49. The van der Waals surface area contributed by atoms with Crippen LogP contribution in [-0.2, 0) is 10.0 Å². The van der Waals surface area contributed by atoms with E-state index in [4.69, 9.17) is 34.1 Å². The number of hydrogen-bond donors (Lipinski definition) is 3. The third-order valence-electron chi connectivity index (χ3n) is 2.47. The van der Waals surface area contributed by atoms with Crippen LogP contribution in [0.4, 0.5) is 17.1 Å². The van der Waals surface area contributed by atoms with Gasteiger partial charge in [-0.05, 0) is 36.4 Å². The molecule has 106 valence electrons. The van der Waals surface area contributed by atoms with Gasteiger partial charge in [-0.25, -0.2) is 13.6 Å². The number of nitrogen functional groups attached to an aromatic ring is 1. The quantitative estimate of drug-likeness (QED) is 0.753. The monoisotopic (exact) mass is 331 g/mol. The van der Waals surface area contributed by atoms with E-state index in [0.29, 0.717) is 21.4 Å². The van der Waals surface area contributed by atoms with Crippen LogP contribution in [0.3, 0.4) is 0 Å². The lowest BCUT2D eigenvalue weighted by molar-refractivity contribution is 0.598. The van der Waals surface area contributed by atoms with E-state index >= 15 is 0 Å². The Balaban J connectivity index is 2.41. The Morgan fingerprint density at radius 2 is 1.75 bits per heavy atom. The maximum Gasteiger partial charge on any atom is 0.238 e. The zero-order chi connectivity index (χ0) is 14.9. The molecule has 2 rings (SSSR count). The first-order valence-electron chi connectivity index (χ1n) is 5.41. The van der Waals surface area contributed by atoms with Gasteiger partial charge in [0.1, 0.15) is 0 Å². The molecule has 0 bridgehead atoms. The van der Waals surface area contributed by atoms with E-state index in [1.165, 1.54) is 12.1 Å². The van der Waals surface area contributed by atoms with Gasteiger partial charge in [-0.15, -0.1) is 0 Å². The van der Waals surface area contributed by atoms with Crippen molar-refractivity contribution in [3.8, 4) is 0 Å². The molecule has 2 aromatic rings. The summed E-state index contributed by atoms with van der Waals surface area (Å²) in [6.07, 6.45) is 0. The zero-order valence-corrected chi connectivity index (χ0v) is 12.4. The highest BCUT2D eigenvalue weighted by Gasteiger charge is 2.11. The fourth-order valence-electron chi connectivity index (χ4n) is 1.60. The van der Waals surface area contributed by atoms with E-state index in [0.717, 1.165) is 0 Å². The summed E-state index contributed by atoms with van der Waals surface area (Å²) in [5.41, 5.74) is 6.95. The van der Waals surface area contributed by atoms with Gasteiger partial charge >= 0.3 is 0 Å². The number of nitrogens with two attached hydrogens (primary N) is 2. The maximum absolute atomic E-state index is 11.4. The molecule has 0 heterocycles. The Bertz CT molecular complexity index is 763. The molecule has 0 unspecified atom stereocenters. The molecule has 0 aliphatic carbocycles. The van der Waals surface area contributed by atoms with Crippen LogP contribution in [0.5, 0.6) is 0 Å². The van der Waals surface area contributed by atoms with Gasteiger partial charge in [0, 0.05) is 16.4 Å². The molecule has 0 aliphatic rings. The third kappa shape index (κ3) is 3.55. The highest BCUT2D eigenvalue weighted by Crippen LogP contribution is 2.29. The van der Waals surface area contributed by atoms with Gasteiger partial charge < -0.3 is 11.1 Å². The molecule has 8 heteroatoms. The standard InChI is InChI=1S/C12H11Cl2N3O2S/c13-7-1-2-12(11(14)3-7)17-9-4-8(15)5-10(6-9)20(16,18)19/h1-6,17H,15H2,(H2,16,18,19). The molecule has 5 nitrogen and oxygen atoms in total. The van der Waals surface area contributed by atoms with Crippen LogP contribution in [0.25, 0.3) is 0 Å². The summed E-state index contributed by atoms with van der Waals surface area (Å²) in [6.45, 7) is 0. The minimum atomic E-state index is -3.83. The van der Waals surface area contributed by atoms with Crippen LogP contribution in [0.2, 0.25) is 10.0 Å². The summed E-state index contributed by atoms with van der Waals surface area (Å²) in [7, 11) is -3.83. The Kier molecular flexibility index (Phi) is 4.10. The Hall–Kier alpha value is -1.47. The minimum absolute atomic E-state index is 0.0786. The largest absolute Gasteiger partial charge is 0.399 e. The molecule has 5 N–H and O–H groups in total. The SMILES string of the molecule is Nc1cc(Nc2ccc(Cl)cc2Cl)cc(S(N)(=O)=O)c1. The van der Waals surface area contributed by atoms with Crippen molar-refractivity contribution in [2.24, 2.45) is 5.14 Å². The Morgan fingerprint density at radius 3 is 2.35 bits per heavy atom. The van der Waals surface area contributed by atoms with Crippen LogP contribution in [0, 0.1) is 0 Å². The van der Waals surface area contributed by atoms with E-state index in [9.17, 15) is 8.42 Å². The van der Waals surface area contributed by atoms with Crippen LogP contribution in [0.15, 0.2) is 41.3 Å². The van der Waals surface area contributed by atoms with Crippen molar-refractivity contribution >= 4 is 50.3 Å². The molecule has 0 fully saturated rings. The summed E-state index contributed by atoms with van der Waals surface area (Å²) < 4.78 is 22.7. The summed E-state index contributed by atoms with van der Waals surface area (Å²) >= 11 is 11.8. The normalized spacial score (nSPS) is 11.3. The van der Waals surface area contributed by atoms with Crippen LogP contribution in [0.1, 0.15) is 0 Å². The number of rotatable bonds is 3.